The average molecular weight is 337 g/mol. The third kappa shape index (κ3) is 3.82. The second-order valence-corrected chi connectivity index (χ2v) is 6.59. The summed E-state index contributed by atoms with van der Waals surface area (Å²) in [7, 11) is 0. The predicted molar refractivity (Wildman–Crippen MR) is 100 cm³/mol. The van der Waals surface area contributed by atoms with Crippen LogP contribution in [0.3, 0.4) is 0 Å². The molecule has 2 N–H and O–H groups in total. The Labute approximate surface area is 148 Å². The molecule has 0 spiro atoms. The lowest BCUT2D eigenvalue weighted by atomic mass is 10.1. The molecule has 130 valence electrons. The molecule has 5 heteroatoms. The van der Waals surface area contributed by atoms with Crippen molar-refractivity contribution in [1.82, 2.24) is 5.32 Å². The van der Waals surface area contributed by atoms with Crippen molar-refractivity contribution in [2.75, 3.05) is 16.8 Å². The highest BCUT2D eigenvalue weighted by Gasteiger charge is 2.31. The van der Waals surface area contributed by atoms with E-state index in [0.717, 1.165) is 22.5 Å². The maximum absolute atomic E-state index is 12.3. The number of urea groups is 1. The largest absolute Gasteiger partial charge is 0.333 e. The topological polar surface area (TPSA) is 61.4 Å². The molecule has 0 radical (unpaired) electrons. The van der Waals surface area contributed by atoms with Gasteiger partial charge in [0.1, 0.15) is 0 Å². The van der Waals surface area contributed by atoms with Crippen molar-refractivity contribution >= 4 is 23.3 Å². The highest BCUT2D eigenvalue weighted by Crippen LogP contribution is 2.24. The van der Waals surface area contributed by atoms with Crippen LogP contribution in [0.1, 0.15) is 23.1 Å². The molecule has 2 aromatic carbocycles. The van der Waals surface area contributed by atoms with E-state index in [1.807, 2.05) is 63.2 Å². The van der Waals surface area contributed by atoms with E-state index < -0.39 is 0 Å². The Morgan fingerprint density at radius 2 is 1.80 bits per heavy atom. The van der Waals surface area contributed by atoms with E-state index in [1.54, 1.807) is 4.90 Å². The van der Waals surface area contributed by atoms with Crippen LogP contribution in [0.4, 0.5) is 16.2 Å². The van der Waals surface area contributed by atoms with Crippen LogP contribution in [0.5, 0.6) is 0 Å². The van der Waals surface area contributed by atoms with Crippen molar-refractivity contribution in [2.45, 2.75) is 33.2 Å². The van der Waals surface area contributed by atoms with Gasteiger partial charge in [0.15, 0.2) is 0 Å². The zero-order valence-corrected chi connectivity index (χ0v) is 14.8. The lowest BCUT2D eigenvalue weighted by Gasteiger charge is -2.18. The first-order chi connectivity index (χ1) is 11.9. The third-order valence-electron chi connectivity index (χ3n) is 4.66. The number of rotatable bonds is 3. The third-order valence-corrected chi connectivity index (χ3v) is 4.66. The van der Waals surface area contributed by atoms with E-state index in [1.165, 1.54) is 5.56 Å². The van der Waals surface area contributed by atoms with Crippen LogP contribution in [0.2, 0.25) is 0 Å². The molecule has 0 saturated carbocycles. The van der Waals surface area contributed by atoms with Crippen molar-refractivity contribution in [3.63, 3.8) is 0 Å². The van der Waals surface area contributed by atoms with Gasteiger partial charge < -0.3 is 15.5 Å². The average Bonchev–Trinajstić information content (AvgIpc) is 2.92. The molecule has 3 rings (SSSR count). The zero-order valence-electron chi connectivity index (χ0n) is 14.8. The molecule has 1 saturated heterocycles. The minimum Gasteiger partial charge on any atom is -0.333 e. The van der Waals surface area contributed by atoms with Gasteiger partial charge in [0, 0.05) is 24.3 Å². The van der Waals surface area contributed by atoms with Gasteiger partial charge in [-0.05, 0) is 55.7 Å². The molecule has 0 aliphatic carbocycles. The fraction of sp³-hybridized carbons (Fsp3) is 0.300. The van der Waals surface area contributed by atoms with Crippen molar-refractivity contribution in [3.8, 4) is 0 Å². The Morgan fingerprint density at radius 1 is 1.04 bits per heavy atom. The van der Waals surface area contributed by atoms with Gasteiger partial charge in [-0.15, -0.1) is 0 Å². The summed E-state index contributed by atoms with van der Waals surface area (Å²) in [6.07, 6.45) is 0.314. The number of carbonyl (C=O) groups excluding carboxylic acids is 2. The lowest BCUT2D eigenvalue weighted by molar-refractivity contribution is -0.117. The van der Waals surface area contributed by atoms with Gasteiger partial charge in [0.2, 0.25) is 5.91 Å². The van der Waals surface area contributed by atoms with Crippen LogP contribution in [-0.2, 0) is 4.79 Å². The standard InChI is InChI=1S/C20H23N3O2/c1-13-8-9-17(10-15(13)3)23-12-16(11-19(23)24)21-20(25)22-18-7-5-4-6-14(18)2/h4-10,16H,11-12H2,1-3H3,(H2,21,22,25). The molecule has 3 amide bonds. The number of hydrogen-bond donors (Lipinski definition) is 2. The molecule has 1 unspecified atom stereocenters. The molecule has 2 aromatic rings. The normalized spacial score (nSPS) is 16.8. The Balaban J connectivity index is 1.63. The van der Waals surface area contributed by atoms with Crippen molar-refractivity contribution < 1.29 is 9.59 Å². The molecule has 1 atom stereocenters. The molecular weight excluding hydrogens is 314 g/mol. The highest BCUT2D eigenvalue weighted by atomic mass is 16.2. The number of carbonyl (C=O) groups is 2. The molecule has 1 aliphatic heterocycles. The second kappa shape index (κ2) is 6.97. The van der Waals surface area contributed by atoms with Gasteiger partial charge in [0.05, 0.1) is 6.04 Å². The molecule has 5 nitrogen and oxygen atoms in total. The quantitative estimate of drug-likeness (QED) is 0.900. The summed E-state index contributed by atoms with van der Waals surface area (Å²) in [4.78, 5) is 26.3. The SMILES string of the molecule is Cc1ccc(N2CC(NC(=O)Nc3ccccc3C)CC2=O)cc1C. The van der Waals surface area contributed by atoms with E-state index in [9.17, 15) is 9.59 Å². The summed E-state index contributed by atoms with van der Waals surface area (Å²) >= 11 is 0. The second-order valence-electron chi connectivity index (χ2n) is 6.59. The van der Waals surface area contributed by atoms with Crippen LogP contribution < -0.4 is 15.5 Å². The number of amides is 3. The number of benzene rings is 2. The van der Waals surface area contributed by atoms with Gasteiger partial charge >= 0.3 is 6.03 Å². The van der Waals surface area contributed by atoms with E-state index in [4.69, 9.17) is 0 Å². The van der Waals surface area contributed by atoms with E-state index in [-0.39, 0.29) is 18.0 Å². The van der Waals surface area contributed by atoms with E-state index >= 15 is 0 Å². The summed E-state index contributed by atoms with van der Waals surface area (Å²) in [6.45, 7) is 6.51. The summed E-state index contributed by atoms with van der Waals surface area (Å²) in [5, 5.41) is 5.74. The molecule has 0 bridgehead atoms. The minimum absolute atomic E-state index is 0.0319. The summed E-state index contributed by atoms with van der Waals surface area (Å²) < 4.78 is 0. The summed E-state index contributed by atoms with van der Waals surface area (Å²) in [6, 6.07) is 13.1. The van der Waals surface area contributed by atoms with Gasteiger partial charge in [-0.1, -0.05) is 24.3 Å². The fourth-order valence-electron chi connectivity index (χ4n) is 3.00. The first-order valence-corrected chi connectivity index (χ1v) is 8.45. The van der Waals surface area contributed by atoms with Gasteiger partial charge in [-0.2, -0.15) is 0 Å². The van der Waals surface area contributed by atoms with E-state index in [0.29, 0.717) is 13.0 Å². The first kappa shape index (κ1) is 17.0. The zero-order chi connectivity index (χ0) is 18.0. The Hall–Kier alpha value is -2.82. The predicted octanol–water partition coefficient (Wildman–Crippen LogP) is 3.54. The molecule has 25 heavy (non-hydrogen) atoms. The Kier molecular flexibility index (Phi) is 4.74. The van der Waals surface area contributed by atoms with Crippen LogP contribution in [0.15, 0.2) is 42.5 Å². The maximum Gasteiger partial charge on any atom is 0.319 e. The van der Waals surface area contributed by atoms with Gasteiger partial charge in [-0.25, -0.2) is 4.79 Å². The van der Waals surface area contributed by atoms with Gasteiger partial charge in [0.25, 0.3) is 0 Å². The number of hydrogen-bond acceptors (Lipinski definition) is 2. The maximum atomic E-state index is 12.3. The Morgan fingerprint density at radius 3 is 2.52 bits per heavy atom. The highest BCUT2D eigenvalue weighted by molar-refractivity contribution is 5.97. The smallest absolute Gasteiger partial charge is 0.319 e. The molecule has 1 aliphatic rings. The van der Waals surface area contributed by atoms with Crippen molar-refractivity contribution in [2.24, 2.45) is 0 Å². The van der Waals surface area contributed by atoms with Crippen LogP contribution in [0, 0.1) is 20.8 Å². The van der Waals surface area contributed by atoms with Crippen LogP contribution in [0.25, 0.3) is 0 Å². The Bertz CT molecular complexity index is 816. The number of para-hydroxylation sites is 1. The lowest BCUT2D eigenvalue weighted by Crippen LogP contribution is -2.39. The summed E-state index contributed by atoms with van der Waals surface area (Å²) in [5.74, 6) is 0.0319. The first-order valence-electron chi connectivity index (χ1n) is 8.45. The minimum atomic E-state index is -0.283. The molecule has 1 heterocycles. The van der Waals surface area contributed by atoms with E-state index in [2.05, 4.69) is 10.6 Å². The molecular formula is C20H23N3O2. The molecule has 0 aromatic heterocycles. The number of nitrogens with zero attached hydrogens (tertiary/aromatic N) is 1. The fourth-order valence-corrected chi connectivity index (χ4v) is 3.00. The monoisotopic (exact) mass is 337 g/mol. The number of anilines is 2. The van der Waals surface area contributed by atoms with Crippen LogP contribution in [-0.4, -0.2) is 24.5 Å². The summed E-state index contributed by atoms with van der Waals surface area (Å²) in [5.41, 5.74) is 5.01. The van der Waals surface area contributed by atoms with Crippen LogP contribution >= 0.6 is 0 Å². The van der Waals surface area contributed by atoms with Crippen molar-refractivity contribution in [3.05, 3.63) is 59.2 Å². The number of aryl methyl sites for hydroxylation is 3. The van der Waals surface area contributed by atoms with Gasteiger partial charge in [-0.3, -0.25) is 4.79 Å². The van der Waals surface area contributed by atoms with Crippen molar-refractivity contribution in [1.29, 1.82) is 0 Å². The number of nitrogens with one attached hydrogen (secondary N) is 2. The molecule has 1 fully saturated rings.